The second-order valence-corrected chi connectivity index (χ2v) is 3.66. The largest absolute Gasteiger partial charge is 0.389 e. The van der Waals surface area contributed by atoms with Crippen LogP contribution in [-0.2, 0) is 0 Å². The van der Waals surface area contributed by atoms with Crippen LogP contribution in [0.3, 0.4) is 0 Å². The Bertz CT molecular complexity index is 198. The zero-order chi connectivity index (χ0) is 10.1. The summed E-state index contributed by atoms with van der Waals surface area (Å²) in [4.78, 5) is 1.91. The number of nitrogens with zero attached hydrogens (tertiary/aromatic N) is 1. The molecule has 1 atom stereocenters. The van der Waals surface area contributed by atoms with Gasteiger partial charge in [-0.15, -0.1) is 0 Å². The van der Waals surface area contributed by atoms with Crippen molar-refractivity contribution in [3.05, 3.63) is 12.3 Å². The first-order valence-corrected chi connectivity index (χ1v) is 4.35. The number of likely N-dealkylation sites (tertiary alicyclic amines) is 1. The van der Waals surface area contributed by atoms with Gasteiger partial charge in [-0.2, -0.15) is 13.2 Å². The van der Waals surface area contributed by atoms with Gasteiger partial charge in [0.2, 0.25) is 0 Å². The molecule has 14 heavy (non-hydrogen) atoms. The Labute approximate surface area is 83.6 Å². The van der Waals surface area contributed by atoms with Crippen LogP contribution in [0.5, 0.6) is 0 Å². The highest BCUT2D eigenvalue weighted by atomic mass is 19.4. The minimum atomic E-state index is -4.02. The second kappa shape index (κ2) is 4.71. The number of rotatable bonds is 2. The molecule has 1 aliphatic rings. The van der Waals surface area contributed by atoms with Crippen LogP contribution in [0.4, 0.5) is 13.2 Å². The summed E-state index contributed by atoms with van der Waals surface area (Å²) in [6.07, 6.45) is -4.04. The molecule has 0 spiro atoms. The molecule has 0 saturated carbocycles. The molecule has 1 fully saturated rings. The van der Waals surface area contributed by atoms with Gasteiger partial charge in [-0.1, -0.05) is 14.0 Å². The van der Waals surface area contributed by atoms with Gasteiger partial charge in [0, 0.05) is 25.2 Å². The summed E-state index contributed by atoms with van der Waals surface area (Å²) in [7, 11) is 0. The van der Waals surface area contributed by atoms with Crippen molar-refractivity contribution in [3.63, 3.8) is 0 Å². The topological polar surface area (TPSA) is 3.24 Å². The third kappa shape index (κ3) is 4.03. The van der Waals surface area contributed by atoms with E-state index in [-0.39, 0.29) is 13.3 Å². The van der Waals surface area contributed by atoms with Crippen molar-refractivity contribution in [2.75, 3.05) is 13.1 Å². The summed E-state index contributed by atoms with van der Waals surface area (Å²) in [6.45, 7) is 6.77. The molecular weight excluding hydrogens is 191 g/mol. The maximum Gasteiger partial charge on any atom is 0.389 e. The zero-order valence-corrected chi connectivity index (χ0v) is 7.69. The van der Waals surface area contributed by atoms with Crippen LogP contribution in [0.2, 0.25) is 0 Å². The van der Waals surface area contributed by atoms with E-state index in [0.717, 1.165) is 12.2 Å². The molecule has 1 aliphatic heterocycles. The standard InChI is InChI=1S/C9H14F3N.CH4/c1-7(2)13-4-3-8(6-13)5-9(10,11)12;/h8H,1,3-6H2,2H3;1H4/t8-;/m0./s1. The molecule has 0 aliphatic carbocycles. The highest BCUT2D eigenvalue weighted by Crippen LogP contribution is 2.31. The van der Waals surface area contributed by atoms with Crippen LogP contribution < -0.4 is 0 Å². The van der Waals surface area contributed by atoms with Crippen LogP contribution in [0.1, 0.15) is 27.2 Å². The van der Waals surface area contributed by atoms with Crippen molar-refractivity contribution in [2.45, 2.75) is 33.4 Å². The quantitative estimate of drug-likeness (QED) is 0.673. The van der Waals surface area contributed by atoms with Crippen molar-refractivity contribution in [1.82, 2.24) is 4.90 Å². The maximum absolute atomic E-state index is 12.0. The van der Waals surface area contributed by atoms with Gasteiger partial charge in [0.1, 0.15) is 0 Å². The van der Waals surface area contributed by atoms with Gasteiger partial charge in [0.25, 0.3) is 0 Å². The molecule has 1 rings (SSSR count). The van der Waals surface area contributed by atoms with Crippen LogP contribution in [0.25, 0.3) is 0 Å². The highest BCUT2D eigenvalue weighted by molar-refractivity contribution is 4.93. The van der Waals surface area contributed by atoms with Crippen LogP contribution >= 0.6 is 0 Å². The minimum Gasteiger partial charge on any atom is -0.375 e. The van der Waals surface area contributed by atoms with E-state index < -0.39 is 12.6 Å². The number of alkyl halides is 3. The van der Waals surface area contributed by atoms with E-state index >= 15 is 0 Å². The predicted octanol–water partition coefficient (Wildman–Crippen LogP) is 3.43. The average Bonchev–Trinajstić information content (AvgIpc) is 2.31. The lowest BCUT2D eigenvalue weighted by atomic mass is 10.1. The Hall–Kier alpha value is -0.670. The summed E-state index contributed by atoms with van der Waals surface area (Å²) in [5, 5.41) is 0. The molecule has 1 nitrogen and oxygen atoms in total. The predicted molar refractivity (Wildman–Crippen MR) is 51.9 cm³/mol. The molecule has 0 N–H and O–H groups in total. The van der Waals surface area contributed by atoms with E-state index in [2.05, 4.69) is 6.58 Å². The molecule has 0 aromatic rings. The molecule has 0 bridgehead atoms. The Morgan fingerprint density at radius 1 is 1.50 bits per heavy atom. The second-order valence-electron chi connectivity index (χ2n) is 3.66. The number of halogens is 3. The number of hydrogen-bond acceptors (Lipinski definition) is 1. The van der Waals surface area contributed by atoms with Crippen molar-refractivity contribution >= 4 is 0 Å². The number of allylic oxidation sites excluding steroid dienone is 1. The molecule has 0 aromatic heterocycles. The highest BCUT2D eigenvalue weighted by Gasteiger charge is 2.34. The minimum absolute atomic E-state index is 0. The molecule has 0 amide bonds. The maximum atomic E-state index is 12.0. The summed E-state index contributed by atoms with van der Waals surface area (Å²) in [6, 6.07) is 0. The SMILES string of the molecule is C.C=C(C)N1CC[C@@H](CC(F)(F)F)C1. The summed E-state index contributed by atoms with van der Waals surface area (Å²) in [5.74, 6) is -0.239. The third-order valence-corrected chi connectivity index (χ3v) is 2.35. The summed E-state index contributed by atoms with van der Waals surface area (Å²) < 4.78 is 36.0. The lowest BCUT2D eigenvalue weighted by Crippen LogP contribution is -2.20. The van der Waals surface area contributed by atoms with Crippen molar-refractivity contribution in [1.29, 1.82) is 0 Å². The first kappa shape index (κ1) is 13.3. The fourth-order valence-electron chi connectivity index (χ4n) is 1.67. The van der Waals surface area contributed by atoms with Gasteiger partial charge < -0.3 is 4.90 Å². The van der Waals surface area contributed by atoms with Gasteiger partial charge in [0.15, 0.2) is 0 Å². The smallest absolute Gasteiger partial charge is 0.375 e. The fraction of sp³-hybridized carbons (Fsp3) is 0.800. The Kier molecular flexibility index (Phi) is 4.49. The summed E-state index contributed by atoms with van der Waals surface area (Å²) in [5.41, 5.74) is 0.865. The molecule has 0 unspecified atom stereocenters. The van der Waals surface area contributed by atoms with Gasteiger partial charge in [-0.3, -0.25) is 0 Å². The Morgan fingerprint density at radius 2 is 2.07 bits per heavy atom. The molecular formula is C10H18F3N. The summed E-state index contributed by atoms with van der Waals surface area (Å²) >= 11 is 0. The van der Waals surface area contributed by atoms with Crippen molar-refractivity contribution in [2.24, 2.45) is 5.92 Å². The number of hydrogen-bond donors (Lipinski definition) is 0. The average molecular weight is 209 g/mol. The van der Waals surface area contributed by atoms with E-state index in [0.29, 0.717) is 13.0 Å². The van der Waals surface area contributed by atoms with Gasteiger partial charge in [0.05, 0.1) is 0 Å². The lowest BCUT2D eigenvalue weighted by Gasteiger charge is -2.18. The molecule has 84 valence electrons. The Morgan fingerprint density at radius 3 is 2.43 bits per heavy atom. The molecule has 0 radical (unpaired) electrons. The molecule has 1 heterocycles. The van der Waals surface area contributed by atoms with Crippen molar-refractivity contribution < 1.29 is 13.2 Å². The van der Waals surface area contributed by atoms with Gasteiger partial charge in [-0.05, 0) is 19.3 Å². The van der Waals surface area contributed by atoms with Crippen LogP contribution in [0.15, 0.2) is 12.3 Å². The first-order chi connectivity index (χ1) is 5.88. The van der Waals surface area contributed by atoms with E-state index in [9.17, 15) is 13.2 Å². The van der Waals surface area contributed by atoms with Crippen LogP contribution in [0, 0.1) is 5.92 Å². The Balaban J connectivity index is 0.00000169. The monoisotopic (exact) mass is 209 g/mol. The third-order valence-electron chi connectivity index (χ3n) is 2.35. The molecule has 0 aromatic carbocycles. The fourth-order valence-corrected chi connectivity index (χ4v) is 1.67. The van der Waals surface area contributed by atoms with Gasteiger partial charge >= 0.3 is 6.18 Å². The van der Waals surface area contributed by atoms with E-state index in [1.807, 2.05) is 11.8 Å². The normalized spacial score (nSPS) is 22.0. The van der Waals surface area contributed by atoms with Crippen LogP contribution in [-0.4, -0.2) is 24.2 Å². The zero-order valence-electron chi connectivity index (χ0n) is 7.69. The van der Waals surface area contributed by atoms with Gasteiger partial charge in [-0.25, -0.2) is 0 Å². The first-order valence-electron chi connectivity index (χ1n) is 4.35. The lowest BCUT2D eigenvalue weighted by molar-refractivity contribution is -0.143. The molecule has 1 saturated heterocycles. The molecule has 4 heteroatoms. The van der Waals surface area contributed by atoms with E-state index in [4.69, 9.17) is 0 Å². The van der Waals surface area contributed by atoms with Crippen molar-refractivity contribution in [3.8, 4) is 0 Å². The van der Waals surface area contributed by atoms with E-state index in [1.54, 1.807) is 0 Å². The van der Waals surface area contributed by atoms with E-state index in [1.165, 1.54) is 0 Å².